The van der Waals surface area contributed by atoms with Crippen LogP contribution in [0.3, 0.4) is 0 Å². The van der Waals surface area contributed by atoms with Crippen molar-refractivity contribution in [1.29, 1.82) is 0 Å². The average Bonchev–Trinajstić information content (AvgIpc) is 2.94. The molecule has 0 atom stereocenters. The maximum atomic E-state index is 12.6. The van der Waals surface area contributed by atoms with Crippen LogP contribution in [0.4, 0.5) is 5.69 Å². The summed E-state index contributed by atoms with van der Waals surface area (Å²) in [5.74, 6) is 0.522. The number of hydrogen-bond acceptors (Lipinski definition) is 3. The molecule has 1 N–H and O–H groups in total. The number of pyridine rings is 1. The summed E-state index contributed by atoms with van der Waals surface area (Å²) in [7, 11) is 0. The first-order valence-electron chi connectivity index (χ1n) is 7.41. The quantitative estimate of drug-likeness (QED) is 0.806. The molecule has 116 valence electrons. The Hall–Kier alpha value is -2.95. The van der Waals surface area contributed by atoms with E-state index in [9.17, 15) is 4.79 Å². The lowest BCUT2D eigenvalue weighted by molar-refractivity contribution is 0.102. The van der Waals surface area contributed by atoms with Gasteiger partial charge >= 0.3 is 0 Å². The van der Waals surface area contributed by atoms with Crippen LogP contribution in [-0.2, 0) is 0 Å². The van der Waals surface area contributed by atoms with Crippen molar-refractivity contribution >= 4 is 11.6 Å². The molecule has 1 amide bonds. The summed E-state index contributed by atoms with van der Waals surface area (Å²) in [6.45, 7) is 5.88. The Bertz CT molecular complexity index is 853. The van der Waals surface area contributed by atoms with Crippen LogP contribution in [0.1, 0.15) is 27.2 Å². The van der Waals surface area contributed by atoms with Gasteiger partial charge in [-0.3, -0.25) is 4.79 Å². The van der Waals surface area contributed by atoms with E-state index < -0.39 is 0 Å². The Kier molecular flexibility index (Phi) is 3.93. The van der Waals surface area contributed by atoms with E-state index in [1.807, 2.05) is 57.2 Å². The van der Waals surface area contributed by atoms with Gasteiger partial charge in [-0.15, -0.1) is 0 Å². The number of benzene rings is 1. The van der Waals surface area contributed by atoms with Crippen LogP contribution in [-0.4, -0.2) is 20.7 Å². The minimum Gasteiger partial charge on any atom is -0.322 e. The van der Waals surface area contributed by atoms with Crippen molar-refractivity contribution < 1.29 is 4.79 Å². The molecule has 0 bridgehead atoms. The maximum Gasteiger partial charge on any atom is 0.259 e. The number of aromatic nitrogens is 3. The van der Waals surface area contributed by atoms with E-state index in [2.05, 4.69) is 15.4 Å². The standard InChI is InChI=1S/C18H18N4O/c1-12-7-6-8-16(13(12)2)21-18(23)15-11-20-22(14(15)3)17-9-4-5-10-19-17/h4-11H,1-3H3,(H,21,23). The van der Waals surface area contributed by atoms with Gasteiger partial charge in [-0.2, -0.15) is 5.10 Å². The zero-order chi connectivity index (χ0) is 16.4. The molecule has 0 fully saturated rings. The van der Waals surface area contributed by atoms with Gasteiger partial charge < -0.3 is 5.32 Å². The molecule has 0 saturated carbocycles. The van der Waals surface area contributed by atoms with Crippen LogP contribution in [0, 0.1) is 20.8 Å². The molecule has 5 heteroatoms. The zero-order valence-electron chi connectivity index (χ0n) is 13.4. The first-order chi connectivity index (χ1) is 11.1. The van der Waals surface area contributed by atoms with E-state index in [-0.39, 0.29) is 5.91 Å². The van der Waals surface area contributed by atoms with Crippen molar-refractivity contribution in [2.75, 3.05) is 5.32 Å². The maximum absolute atomic E-state index is 12.6. The van der Waals surface area contributed by atoms with Gasteiger partial charge in [0.05, 0.1) is 17.5 Å². The summed E-state index contributed by atoms with van der Waals surface area (Å²) in [6, 6.07) is 11.4. The van der Waals surface area contributed by atoms with Gasteiger partial charge in [-0.1, -0.05) is 18.2 Å². The first-order valence-corrected chi connectivity index (χ1v) is 7.41. The third kappa shape index (κ3) is 2.85. The minimum absolute atomic E-state index is 0.168. The Morgan fingerprint density at radius 2 is 1.91 bits per heavy atom. The van der Waals surface area contributed by atoms with Gasteiger partial charge in [0.25, 0.3) is 5.91 Å². The van der Waals surface area contributed by atoms with Gasteiger partial charge in [0.15, 0.2) is 5.82 Å². The Morgan fingerprint density at radius 1 is 1.09 bits per heavy atom. The van der Waals surface area contributed by atoms with Crippen molar-refractivity contribution in [3.63, 3.8) is 0 Å². The van der Waals surface area contributed by atoms with Crippen LogP contribution in [0.25, 0.3) is 5.82 Å². The highest BCUT2D eigenvalue weighted by Crippen LogP contribution is 2.20. The molecule has 0 aliphatic carbocycles. The van der Waals surface area contributed by atoms with Crippen LogP contribution >= 0.6 is 0 Å². The third-order valence-electron chi connectivity index (χ3n) is 3.97. The second-order valence-electron chi connectivity index (χ2n) is 5.44. The molecule has 5 nitrogen and oxygen atoms in total. The van der Waals surface area contributed by atoms with E-state index in [0.717, 1.165) is 22.5 Å². The third-order valence-corrected chi connectivity index (χ3v) is 3.97. The summed E-state index contributed by atoms with van der Waals surface area (Å²) in [4.78, 5) is 16.8. The minimum atomic E-state index is -0.168. The smallest absolute Gasteiger partial charge is 0.259 e. The molecule has 0 saturated heterocycles. The number of carbonyl (C=O) groups is 1. The number of amides is 1. The normalized spacial score (nSPS) is 10.6. The van der Waals surface area contributed by atoms with Crippen LogP contribution in [0.2, 0.25) is 0 Å². The average molecular weight is 306 g/mol. The number of nitrogens with zero attached hydrogens (tertiary/aromatic N) is 3. The van der Waals surface area contributed by atoms with Crippen LogP contribution in [0.15, 0.2) is 48.8 Å². The topological polar surface area (TPSA) is 59.8 Å². The number of aryl methyl sites for hydroxylation is 1. The van der Waals surface area contributed by atoms with E-state index >= 15 is 0 Å². The Balaban J connectivity index is 1.89. The van der Waals surface area contributed by atoms with Gasteiger partial charge in [0.2, 0.25) is 0 Å². The largest absolute Gasteiger partial charge is 0.322 e. The van der Waals surface area contributed by atoms with Gasteiger partial charge in [-0.25, -0.2) is 9.67 Å². The van der Waals surface area contributed by atoms with E-state index in [0.29, 0.717) is 11.4 Å². The van der Waals surface area contributed by atoms with Crippen molar-refractivity contribution in [3.05, 3.63) is 71.2 Å². The van der Waals surface area contributed by atoms with Crippen molar-refractivity contribution in [3.8, 4) is 5.82 Å². The fourth-order valence-electron chi connectivity index (χ4n) is 2.42. The highest BCUT2D eigenvalue weighted by Gasteiger charge is 2.16. The van der Waals surface area contributed by atoms with Crippen LogP contribution in [0.5, 0.6) is 0 Å². The summed E-state index contributed by atoms with van der Waals surface area (Å²) < 4.78 is 1.66. The predicted molar refractivity (Wildman–Crippen MR) is 90.0 cm³/mol. The SMILES string of the molecule is Cc1cccc(NC(=O)c2cnn(-c3ccccn3)c2C)c1C. The summed E-state index contributed by atoms with van der Waals surface area (Å²) in [6.07, 6.45) is 3.27. The highest BCUT2D eigenvalue weighted by atomic mass is 16.1. The predicted octanol–water partition coefficient (Wildman–Crippen LogP) is 3.44. The molecule has 2 heterocycles. The van der Waals surface area contributed by atoms with Crippen molar-refractivity contribution in [2.45, 2.75) is 20.8 Å². The van der Waals surface area contributed by atoms with Gasteiger partial charge in [0, 0.05) is 11.9 Å². The Morgan fingerprint density at radius 3 is 2.65 bits per heavy atom. The molecular formula is C18H18N4O. The number of nitrogens with one attached hydrogen (secondary N) is 1. The molecule has 0 unspecified atom stereocenters. The molecule has 3 rings (SSSR count). The first kappa shape index (κ1) is 15.0. The molecule has 1 aromatic carbocycles. The van der Waals surface area contributed by atoms with Crippen molar-refractivity contribution in [1.82, 2.24) is 14.8 Å². The fraction of sp³-hybridized carbons (Fsp3) is 0.167. The summed E-state index contributed by atoms with van der Waals surface area (Å²) >= 11 is 0. The molecule has 0 aliphatic heterocycles. The highest BCUT2D eigenvalue weighted by molar-refractivity contribution is 6.05. The number of anilines is 1. The molecular weight excluding hydrogens is 288 g/mol. The van der Waals surface area contributed by atoms with E-state index in [1.54, 1.807) is 17.1 Å². The zero-order valence-corrected chi connectivity index (χ0v) is 13.4. The van der Waals surface area contributed by atoms with Crippen LogP contribution < -0.4 is 5.32 Å². The fourth-order valence-corrected chi connectivity index (χ4v) is 2.42. The molecule has 23 heavy (non-hydrogen) atoms. The number of hydrogen-bond donors (Lipinski definition) is 1. The monoisotopic (exact) mass is 306 g/mol. The molecule has 2 aromatic heterocycles. The lowest BCUT2D eigenvalue weighted by Gasteiger charge is -2.10. The number of rotatable bonds is 3. The van der Waals surface area contributed by atoms with E-state index in [4.69, 9.17) is 0 Å². The molecule has 0 radical (unpaired) electrons. The lowest BCUT2D eigenvalue weighted by Crippen LogP contribution is -2.14. The van der Waals surface area contributed by atoms with Gasteiger partial charge in [-0.05, 0) is 50.1 Å². The van der Waals surface area contributed by atoms with E-state index in [1.165, 1.54) is 0 Å². The molecule has 0 aliphatic rings. The second kappa shape index (κ2) is 6.04. The lowest BCUT2D eigenvalue weighted by atomic mass is 10.1. The molecule has 0 spiro atoms. The molecule has 3 aromatic rings. The Labute approximate surface area is 135 Å². The second-order valence-corrected chi connectivity index (χ2v) is 5.44. The van der Waals surface area contributed by atoms with Gasteiger partial charge in [0.1, 0.15) is 0 Å². The summed E-state index contributed by atoms with van der Waals surface area (Å²) in [5, 5.41) is 7.24. The van der Waals surface area contributed by atoms with Crippen molar-refractivity contribution in [2.24, 2.45) is 0 Å². The number of carbonyl (C=O) groups excluding carboxylic acids is 1. The summed E-state index contributed by atoms with van der Waals surface area (Å²) in [5.41, 5.74) is 4.32.